The number of nitrogens with one attached hydrogen (secondary N) is 2. The minimum Gasteiger partial charge on any atom is -0.319 e. The van der Waals surface area contributed by atoms with Crippen LogP contribution in [0.4, 0.5) is 11.4 Å². The number of likely N-dealkylation sites (N-methyl/N-ethyl adjacent to an activating group) is 1. The fourth-order valence-corrected chi connectivity index (χ4v) is 3.97. The van der Waals surface area contributed by atoms with Crippen molar-refractivity contribution < 1.29 is 13.2 Å². The standard InChI is InChI=1S/C20H22ClN5O3S/c1-25(2)10-11-26-14-16(13-22-26)23-20(27)15-6-5-7-17(12-15)30(28,29)24-19-9-4-3-8-18(19)21/h3-9,12-14,24H,10-11H2,1-2H3,(H,23,27). The zero-order valence-electron chi connectivity index (χ0n) is 16.5. The third-order valence-corrected chi connectivity index (χ3v) is 5.88. The lowest BCUT2D eigenvalue weighted by atomic mass is 10.2. The van der Waals surface area contributed by atoms with Gasteiger partial charge in [-0.2, -0.15) is 5.10 Å². The summed E-state index contributed by atoms with van der Waals surface area (Å²) in [6.45, 7) is 1.50. The molecule has 0 bridgehead atoms. The monoisotopic (exact) mass is 447 g/mol. The molecule has 0 saturated carbocycles. The molecule has 0 spiro atoms. The average Bonchev–Trinajstić information content (AvgIpc) is 3.15. The molecule has 3 aromatic rings. The molecule has 0 unspecified atom stereocenters. The molecular formula is C20H22ClN5O3S. The molecule has 1 heterocycles. The zero-order chi connectivity index (χ0) is 21.7. The second-order valence-electron chi connectivity index (χ2n) is 6.86. The minimum atomic E-state index is -3.91. The highest BCUT2D eigenvalue weighted by molar-refractivity contribution is 7.92. The van der Waals surface area contributed by atoms with Gasteiger partial charge in [0, 0.05) is 18.3 Å². The van der Waals surface area contributed by atoms with E-state index in [0.29, 0.717) is 12.2 Å². The summed E-state index contributed by atoms with van der Waals surface area (Å²) in [6, 6.07) is 12.3. The van der Waals surface area contributed by atoms with E-state index < -0.39 is 15.9 Å². The summed E-state index contributed by atoms with van der Waals surface area (Å²) in [4.78, 5) is 14.6. The molecule has 1 aromatic heterocycles. The highest BCUT2D eigenvalue weighted by Crippen LogP contribution is 2.24. The van der Waals surface area contributed by atoms with Crippen molar-refractivity contribution in [1.82, 2.24) is 14.7 Å². The van der Waals surface area contributed by atoms with E-state index in [1.54, 1.807) is 47.4 Å². The lowest BCUT2D eigenvalue weighted by Gasteiger charge is -2.10. The van der Waals surface area contributed by atoms with Crippen LogP contribution in [-0.4, -0.2) is 49.6 Å². The van der Waals surface area contributed by atoms with E-state index in [-0.39, 0.29) is 21.2 Å². The van der Waals surface area contributed by atoms with Crippen LogP contribution in [0.25, 0.3) is 0 Å². The van der Waals surface area contributed by atoms with Gasteiger partial charge in [-0.25, -0.2) is 8.42 Å². The van der Waals surface area contributed by atoms with Gasteiger partial charge in [-0.1, -0.05) is 29.8 Å². The molecule has 10 heteroatoms. The van der Waals surface area contributed by atoms with Gasteiger partial charge < -0.3 is 10.2 Å². The molecule has 2 aromatic carbocycles. The number of carbonyl (C=O) groups is 1. The number of hydrogen-bond donors (Lipinski definition) is 2. The Kier molecular flexibility index (Phi) is 6.76. The average molecular weight is 448 g/mol. The maximum absolute atomic E-state index is 12.7. The van der Waals surface area contributed by atoms with Crippen LogP contribution in [0.2, 0.25) is 5.02 Å². The first kappa shape index (κ1) is 21.8. The second-order valence-corrected chi connectivity index (χ2v) is 8.95. The van der Waals surface area contributed by atoms with Crippen LogP contribution in [0, 0.1) is 0 Å². The van der Waals surface area contributed by atoms with Crippen molar-refractivity contribution in [2.75, 3.05) is 30.7 Å². The molecule has 0 saturated heterocycles. The third-order valence-electron chi connectivity index (χ3n) is 4.19. The van der Waals surface area contributed by atoms with Crippen LogP contribution < -0.4 is 10.0 Å². The number of hydrogen-bond acceptors (Lipinski definition) is 5. The van der Waals surface area contributed by atoms with Gasteiger partial charge in [-0.05, 0) is 44.4 Å². The summed E-state index contributed by atoms with van der Waals surface area (Å²) in [5.74, 6) is -0.433. The Morgan fingerprint density at radius 2 is 1.93 bits per heavy atom. The first-order valence-corrected chi connectivity index (χ1v) is 11.0. The summed E-state index contributed by atoms with van der Waals surface area (Å²) < 4.78 is 29.6. The Hall–Kier alpha value is -2.88. The van der Waals surface area contributed by atoms with Crippen molar-refractivity contribution in [3.05, 3.63) is 71.5 Å². The number of sulfonamides is 1. The van der Waals surface area contributed by atoms with Crippen molar-refractivity contribution in [1.29, 1.82) is 0 Å². The Morgan fingerprint density at radius 1 is 1.17 bits per heavy atom. The molecule has 0 atom stereocenters. The van der Waals surface area contributed by atoms with E-state index >= 15 is 0 Å². The largest absolute Gasteiger partial charge is 0.319 e. The number of halogens is 1. The molecule has 0 fully saturated rings. The van der Waals surface area contributed by atoms with E-state index in [4.69, 9.17) is 11.6 Å². The van der Waals surface area contributed by atoms with E-state index in [2.05, 4.69) is 15.1 Å². The van der Waals surface area contributed by atoms with Crippen LogP contribution in [-0.2, 0) is 16.6 Å². The molecule has 0 aliphatic heterocycles. The van der Waals surface area contributed by atoms with E-state index in [1.807, 2.05) is 19.0 Å². The zero-order valence-corrected chi connectivity index (χ0v) is 18.1. The number of amides is 1. The first-order chi connectivity index (χ1) is 14.2. The van der Waals surface area contributed by atoms with Crippen molar-refractivity contribution in [3.8, 4) is 0 Å². The molecule has 0 aliphatic carbocycles. The predicted octanol–water partition coefficient (Wildman–Crippen LogP) is 3.15. The van der Waals surface area contributed by atoms with Gasteiger partial charge in [0.25, 0.3) is 15.9 Å². The van der Waals surface area contributed by atoms with Crippen molar-refractivity contribution in [3.63, 3.8) is 0 Å². The highest BCUT2D eigenvalue weighted by Gasteiger charge is 2.18. The van der Waals surface area contributed by atoms with Crippen molar-refractivity contribution >= 4 is 38.9 Å². The topological polar surface area (TPSA) is 96.3 Å². The number of aromatic nitrogens is 2. The van der Waals surface area contributed by atoms with Crippen LogP contribution in [0.15, 0.2) is 65.8 Å². The summed E-state index contributed by atoms with van der Waals surface area (Å²) in [5, 5.41) is 7.21. The van der Waals surface area contributed by atoms with Crippen LogP contribution in [0.3, 0.4) is 0 Å². The maximum Gasteiger partial charge on any atom is 0.261 e. The second kappa shape index (κ2) is 9.29. The molecule has 0 aliphatic rings. The fourth-order valence-electron chi connectivity index (χ4n) is 2.61. The van der Waals surface area contributed by atoms with Gasteiger partial charge in [-0.3, -0.25) is 14.2 Å². The lowest BCUT2D eigenvalue weighted by molar-refractivity contribution is 0.102. The third kappa shape index (κ3) is 5.59. The van der Waals surface area contributed by atoms with Crippen LogP contribution >= 0.6 is 11.6 Å². The molecular weight excluding hydrogens is 426 g/mol. The van der Waals surface area contributed by atoms with E-state index in [1.165, 1.54) is 18.2 Å². The van der Waals surface area contributed by atoms with E-state index in [0.717, 1.165) is 6.54 Å². The lowest BCUT2D eigenvalue weighted by Crippen LogP contribution is -2.18. The molecule has 2 N–H and O–H groups in total. The van der Waals surface area contributed by atoms with Gasteiger partial charge in [0.1, 0.15) is 0 Å². The van der Waals surface area contributed by atoms with E-state index in [9.17, 15) is 13.2 Å². The van der Waals surface area contributed by atoms with Gasteiger partial charge >= 0.3 is 0 Å². The van der Waals surface area contributed by atoms with Crippen LogP contribution in [0.5, 0.6) is 0 Å². The predicted molar refractivity (Wildman–Crippen MR) is 117 cm³/mol. The summed E-state index contributed by atoms with van der Waals surface area (Å²) in [7, 11) is 0.0205. The van der Waals surface area contributed by atoms with Gasteiger partial charge in [0.2, 0.25) is 0 Å². The Morgan fingerprint density at radius 3 is 2.67 bits per heavy atom. The Balaban J connectivity index is 1.73. The number of nitrogens with zero attached hydrogens (tertiary/aromatic N) is 3. The van der Waals surface area contributed by atoms with Crippen molar-refractivity contribution in [2.24, 2.45) is 0 Å². The molecule has 3 rings (SSSR count). The first-order valence-electron chi connectivity index (χ1n) is 9.10. The highest BCUT2D eigenvalue weighted by atomic mass is 35.5. The number of anilines is 2. The number of rotatable bonds is 8. The molecule has 8 nitrogen and oxygen atoms in total. The Labute approximate surface area is 180 Å². The normalized spacial score (nSPS) is 11.5. The molecule has 1 amide bonds. The van der Waals surface area contributed by atoms with Crippen LogP contribution in [0.1, 0.15) is 10.4 Å². The Bertz CT molecular complexity index is 1140. The molecule has 0 radical (unpaired) electrons. The fraction of sp³-hybridized carbons (Fsp3) is 0.200. The smallest absolute Gasteiger partial charge is 0.261 e. The summed E-state index contributed by atoms with van der Waals surface area (Å²) in [5.41, 5.74) is 0.999. The summed E-state index contributed by atoms with van der Waals surface area (Å²) in [6.07, 6.45) is 3.27. The quantitative estimate of drug-likeness (QED) is 0.553. The SMILES string of the molecule is CN(C)CCn1cc(NC(=O)c2cccc(S(=O)(=O)Nc3ccccc3Cl)c2)cn1. The molecule has 30 heavy (non-hydrogen) atoms. The number of benzene rings is 2. The number of carbonyl (C=O) groups excluding carboxylic acids is 1. The van der Waals surface area contributed by atoms with Gasteiger partial charge in [-0.15, -0.1) is 0 Å². The molecule has 158 valence electrons. The number of para-hydroxylation sites is 1. The van der Waals surface area contributed by atoms with Gasteiger partial charge in [0.15, 0.2) is 0 Å². The summed E-state index contributed by atoms with van der Waals surface area (Å²) >= 11 is 6.03. The maximum atomic E-state index is 12.7. The van der Waals surface area contributed by atoms with Crippen molar-refractivity contribution in [2.45, 2.75) is 11.4 Å². The van der Waals surface area contributed by atoms with Gasteiger partial charge in [0.05, 0.1) is 34.0 Å². The minimum absolute atomic E-state index is 0.0447.